The summed E-state index contributed by atoms with van der Waals surface area (Å²) in [7, 11) is 1.60. The Morgan fingerprint density at radius 1 is 1.20 bits per heavy atom. The van der Waals surface area contributed by atoms with Gasteiger partial charge in [0.2, 0.25) is 11.8 Å². The van der Waals surface area contributed by atoms with Crippen molar-refractivity contribution in [3.63, 3.8) is 0 Å². The lowest BCUT2D eigenvalue weighted by Gasteiger charge is -2.16. The lowest BCUT2D eigenvalue weighted by Crippen LogP contribution is -2.32. The molecule has 2 amide bonds. The van der Waals surface area contributed by atoms with Gasteiger partial charge in [-0.3, -0.25) is 9.59 Å². The van der Waals surface area contributed by atoms with Gasteiger partial charge in [-0.15, -0.1) is 0 Å². The van der Waals surface area contributed by atoms with E-state index >= 15 is 0 Å². The van der Waals surface area contributed by atoms with Crippen molar-refractivity contribution >= 4 is 17.5 Å². The van der Waals surface area contributed by atoms with Crippen molar-refractivity contribution in [1.29, 1.82) is 0 Å². The molecule has 3 rings (SSSR count). The SMILES string of the molecule is COc1ccc(CNC(=O)C2CC(=O)N(c3ccc(O)cc3)C2)cc1. The molecule has 1 saturated heterocycles. The van der Waals surface area contributed by atoms with E-state index in [-0.39, 0.29) is 29.9 Å². The van der Waals surface area contributed by atoms with E-state index in [1.807, 2.05) is 24.3 Å². The Balaban J connectivity index is 1.57. The van der Waals surface area contributed by atoms with E-state index in [0.29, 0.717) is 18.8 Å². The molecule has 0 aromatic heterocycles. The average Bonchev–Trinajstić information content (AvgIpc) is 3.02. The summed E-state index contributed by atoms with van der Waals surface area (Å²) in [6, 6.07) is 13.9. The maximum absolute atomic E-state index is 12.4. The molecule has 2 N–H and O–H groups in total. The van der Waals surface area contributed by atoms with Crippen LogP contribution in [0.25, 0.3) is 0 Å². The van der Waals surface area contributed by atoms with Crippen molar-refractivity contribution in [1.82, 2.24) is 5.32 Å². The highest BCUT2D eigenvalue weighted by Gasteiger charge is 2.34. The van der Waals surface area contributed by atoms with E-state index in [1.165, 1.54) is 12.1 Å². The molecule has 0 saturated carbocycles. The first-order chi connectivity index (χ1) is 12.1. The van der Waals surface area contributed by atoms with Gasteiger partial charge in [0.05, 0.1) is 13.0 Å². The van der Waals surface area contributed by atoms with Crippen LogP contribution >= 0.6 is 0 Å². The molecule has 1 heterocycles. The van der Waals surface area contributed by atoms with Gasteiger partial charge in [-0.2, -0.15) is 0 Å². The van der Waals surface area contributed by atoms with Crippen LogP contribution in [0.2, 0.25) is 0 Å². The molecule has 6 heteroatoms. The van der Waals surface area contributed by atoms with Crippen LogP contribution in [0, 0.1) is 5.92 Å². The molecule has 1 aliphatic rings. The van der Waals surface area contributed by atoms with E-state index < -0.39 is 0 Å². The fourth-order valence-electron chi connectivity index (χ4n) is 2.84. The van der Waals surface area contributed by atoms with Crippen molar-refractivity contribution in [2.75, 3.05) is 18.6 Å². The second kappa shape index (κ2) is 7.25. The van der Waals surface area contributed by atoms with Gasteiger partial charge in [0.25, 0.3) is 0 Å². The molecule has 1 fully saturated rings. The van der Waals surface area contributed by atoms with Crippen molar-refractivity contribution in [2.24, 2.45) is 5.92 Å². The molecule has 6 nitrogen and oxygen atoms in total. The summed E-state index contributed by atoms with van der Waals surface area (Å²) < 4.78 is 5.10. The Kier molecular flexibility index (Phi) is 4.88. The number of nitrogens with one attached hydrogen (secondary N) is 1. The minimum atomic E-state index is -0.375. The van der Waals surface area contributed by atoms with Crippen molar-refractivity contribution in [2.45, 2.75) is 13.0 Å². The smallest absolute Gasteiger partial charge is 0.227 e. The molecule has 0 bridgehead atoms. The summed E-state index contributed by atoms with van der Waals surface area (Å²) in [6.45, 7) is 0.755. The Labute approximate surface area is 146 Å². The lowest BCUT2D eigenvalue weighted by atomic mass is 10.1. The van der Waals surface area contributed by atoms with Gasteiger partial charge in [0, 0.05) is 25.2 Å². The van der Waals surface area contributed by atoms with Crippen molar-refractivity contribution in [3.05, 3.63) is 54.1 Å². The molecular weight excluding hydrogens is 320 g/mol. The minimum absolute atomic E-state index is 0.0877. The third kappa shape index (κ3) is 3.91. The van der Waals surface area contributed by atoms with Crippen LogP contribution in [0.15, 0.2) is 48.5 Å². The number of carbonyl (C=O) groups excluding carboxylic acids is 2. The number of hydrogen-bond donors (Lipinski definition) is 2. The summed E-state index contributed by atoms with van der Waals surface area (Å²) in [5.41, 5.74) is 1.65. The van der Waals surface area contributed by atoms with Gasteiger partial charge in [-0.1, -0.05) is 12.1 Å². The van der Waals surface area contributed by atoms with Crippen LogP contribution in [-0.2, 0) is 16.1 Å². The van der Waals surface area contributed by atoms with E-state index in [0.717, 1.165) is 11.3 Å². The molecule has 25 heavy (non-hydrogen) atoms. The predicted octanol–water partition coefficient (Wildman–Crippen LogP) is 2.07. The van der Waals surface area contributed by atoms with Crippen molar-refractivity contribution < 1.29 is 19.4 Å². The first-order valence-corrected chi connectivity index (χ1v) is 8.07. The molecule has 0 radical (unpaired) electrons. The Hall–Kier alpha value is -3.02. The number of anilines is 1. The maximum Gasteiger partial charge on any atom is 0.227 e. The Morgan fingerprint density at radius 2 is 1.88 bits per heavy atom. The molecule has 1 unspecified atom stereocenters. The molecule has 1 aliphatic heterocycles. The number of benzene rings is 2. The summed E-state index contributed by atoms with van der Waals surface area (Å²) in [5, 5.41) is 12.2. The first-order valence-electron chi connectivity index (χ1n) is 8.07. The van der Waals surface area contributed by atoms with Gasteiger partial charge in [0.15, 0.2) is 0 Å². The molecular formula is C19H20N2O4. The van der Waals surface area contributed by atoms with Gasteiger partial charge in [0.1, 0.15) is 11.5 Å². The van der Waals surface area contributed by atoms with Crippen LogP contribution in [0.4, 0.5) is 5.69 Å². The Morgan fingerprint density at radius 3 is 2.52 bits per heavy atom. The highest BCUT2D eigenvalue weighted by Crippen LogP contribution is 2.26. The zero-order valence-electron chi connectivity index (χ0n) is 13.9. The number of aromatic hydroxyl groups is 1. The highest BCUT2D eigenvalue weighted by atomic mass is 16.5. The number of hydrogen-bond acceptors (Lipinski definition) is 4. The quantitative estimate of drug-likeness (QED) is 0.873. The highest BCUT2D eigenvalue weighted by molar-refractivity contribution is 6.00. The number of phenols is 1. The third-order valence-corrected chi connectivity index (χ3v) is 4.28. The van der Waals surface area contributed by atoms with Crippen LogP contribution in [0.3, 0.4) is 0 Å². The number of amides is 2. The Bertz CT molecular complexity index is 756. The number of ether oxygens (including phenoxy) is 1. The van der Waals surface area contributed by atoms with Gasteiger partial charge >= 0.3 is 0 Å². The number of methoxy groups -OCH3 is 1. The summed E-state index contributed by atoms with van der Waals surface area (Å²) >= 11 is 0. The van der Waals surface area contributed by atoms with E-state index in [9.17, 15) is 14.7 Å². The number of rotatable bonds is 5. The number of carbonyl (C=O) groups is 2. The molecule has 1 atom stereocenters. The zero-order chi connectivity index (χ0) is 17.8. The van der Waals surface area contributed by atoms with Crippen LogP contribution in [0.1, 0.15) is 12.0 Å². The van der Waals surface area contributed by atoms with Gasteiger partial charge < -0.3 is 20.1 Å². The third-order valence-electron chi connectivity index (χ3n) is 4.28. The largest absolute Gasteiger partial charge is 0.508 e. The monoisotopic (exact) mass is 340 g/mol. The lowest BCUT2D eigenvalue weighted by molar-refractivity contribution is -0.126. The van der Waals surface area contributed by atoms with Gasteiger partial charge in [-0.05, 0) is 42.0 Å². The zero-order valence-corrected chi connectivity index (χ0v) is 13.9. The minimum Gasteiger partial charge on any atom is -0.508 e. The predicted molar refractivity (Wildman–Crippen MR) is 93.4 cm³/mol. The molecule has 2 aromatic rings. The first kappa shape index (κ1) is 16.8. The topological polar surface area (TPSA) is 78.9 Å². The molecule has 130 valence electrons. The number of nitrogens with zero attached hydrogens (tertiary/aromatic N) is 1. The van der Waals surface area contributed by atoms with Crippen LogP contribution in [-0.4, -0.2) is 30.6 Å². The second-order valence-corrected chi connectivity index (χ2v) is 5.99. The van der Waals surface area contributed by atoms with Gasteiger partial charge in [-0.25, -0.2) is 0 Å². The standard InChI is InChI=1S/C19H20N2O4/c1-25-17-8-2-13(3-9-17)11-20-19(24)14-10-18(23)21(12-14)15-4-6-16(22)7-5-15/h2-9,14,22H,10-12H2,1H3,(H,20,24). The summed E-state index contributed by atoms with van der Waals surface area (Å²) in [4.78, 5) is 26.1. The van der Waals surface area contributed by atoms with E-state index in [4.69, 9.17) is 4.74 Å². The van der Waals surface area contributed by atoms with Crippen LogP contribution in [0.5, 0.6) is 11.5 Å². The average molecular weight is 340 g/mol. The van der Waals surface area contributed by atoms with Crippen molar-refractivity contribution in [3.8, 4) is 11.5 Å². The fraction of sp³-hybridized carbons (Fsp3) is 0.263. The molecule has 0 spiro atoms. The fourth-order valence-corrected chi connectivity index (χ4v) is 2.84. The van der Waals surface area contributed by atoms with E-state index in [1.54, 1.807) is 24.1 Å². The molecule has 2 aromatic carbocycles. The normalized spacial score (nSPS) is 16.8. The number of phenolic OH excluding ortho intramolecular Hbond substituents is 1. The van der Waals surface area contributed by atoms with E-state index in [2.05, 4.69) is 5.32 Å². The summed E-state index contributed by atoms with van der Waals surface area (Å²) in [6.07, 6.45) is 0.190. The maximum atomic E-state index is 12.4. The summed E-state index contributed by atoms with van der Waals surface area (Å²) in [5.74, 6) is 0.311. The van der Waals surface area contributed by atoms with Crippen LogP contribution < -0.4 is 15.0 Å². The molecule has 0 aliphatic carbocycles. The second-order valence-electron chi connectivity index (χ2n) is 5.99.